The van der Waals surface area contributed by atoms with Gasteiger partial charge in [-0.2, -0.15) is 13.2 Å². The summed E-state index contributed by atoms with van der Waals surface area (Å²) in [4.78, 5) is 0. The van der Waals surface area contributed by atoms with E-state index < -0.39 is 40.6 Å². The molecule has 0 radical (unpaired) electrons. The minimum Gasteiger partial charge on any atom is -0.493 e. The molecule has 0 heterocycles. The van der Waals surface area contributed by atoms with Crippen molar-refractivity contribution in [3.63, 3.8) is 0 Å². The van der Waals surface area contributed by atoms with Gasteiger partial charge in [-0.25, -0.2) is 17.6 Å². The predicted octanol–water partition coefficient (Wildman–Crippen LogP) is 9.09. The summed E-state index contributed by atoms with van der Waals surface area (Å²) in [7, 11) is 0. The van der Waals surface area contributed by atoms with Gasteiger partial charge in [0.1, 0.15) is 29.0 Å². The van der Waals surface area contributed by atoms with Gasteiger partial charge in [0.05, 0.1) is 17.7 Å². The van der Waals surface area contributed by atoms with Crippen molar-refractivity contribution in [2.45, 2.75) is 38.3 Å². The van der Waals surface area contributed by atoms with E-state index in [9.17, 15) is 22.0 Å². The molecule has 0 spiro atoms. The maximum absolute atomic E-state index is 15.5. The molecule has 4 aromatic rings. The normalized spacial score (nSPS) is 14.5. The molecule has 0 aliphatic heterocycles. The van der Waals surface area contributed by atoms with Crippen LogP contribution in [0.1, 0.15) is 37.7 Å². The van der Waals surface area contributed by atoms with E-state index >= 15 is 8.78 Å². The van der Waals surface area contributed by atoms with E-state index in [0.717, 1.165) is 30.9 Å². The van der Waals surface area contributed by atoms with E-state index in [1.807, 2.05) is 0 Å². The summed E-state index contributed by atoms with van der Waals surface area (Å²) < 4.78 is 103. The lowest BCUT2D eigenvalue weighted by Crippen LogP contribution is -2.15. The van der Waals surface area contributed by atoms with Crippen LogP contribution in [0.4, 0.5) is 30.7 Å². The molecule has 1 saturated carbocycles. The Morgan fingerprint density at radius 2 is 1.42 bits per heavy atom. The molecule has 0 unspecified atom stereocenters. The molecule has 38 heavy (non-hydrogen) atoms. The average molecular weight is 530 g/mol. The summed E-state index contributed by atoms with van der Waals surface area (Å²) in [6.07, 6.45) is 0.847. The Bertz CT molecular complexity index is 1590. The predicted molar refractivity (Wildman–Crippen MR) is 132 cm³/mol. The van der Waals surface area contributed by atoms with E-state index in [1.165, 1.54) is 49.4 Å². The Labute approximate surface area is 214 Å². The number of rotatable bonds is 4. The van der Waals surface area contributed by atoms with Crippen LogP contribution in [-0.2, 0) is 0 Å². The number of ether oxygens (including phenoxy) is 1. The fourth-order valence-corrected chi connectivity index (χ4v) is 4.96. The van der Waals surface area contributed by atoms with E-state index in [-0.39, 0.29) is 21.7 Å². The van der Waals surface area contributed by atoms with Gasteiger partial charge < -0.3 is 4.74 Å². The first-order chi connectivity index (χ1) is 18.1. The first-order valence-corrected chi connectivity index (χ1v) is 12.2. The lowest BCUT2D eigenvalue weighted by Gasteiger charge is -2.21. The molecule has 0 amide bonds. The first-order valence-electron chi connectivity index (χ1n) is 12.2. The molecule has 1 nitrogen and oxygen atoms in total. The fourth-order valence-electron chi connectivity index (χ4n) is 4.96. The van der Waals surface area contributed by atoms with Gasteiger partial charge in [-0.15, -0.1) is 0 Å². The highest BCUT2D eigenvalue weighted by molar-refractivity contribution is 5.93. The number of benzene rings is 4. The second-order valence-corrected chi connectivity index (χ2v) is 9.48. The van der Waals surface area contributed by atoms with Gasteiger partial charge in [-0.05, 0) is 71.5 Å². The van der Waals surface area contributed by atoms with Crippen LogP contribution >= 0.6 is 0 Å². The standard InChI is InChI=1S/C30H21F7O/c31-25-14-19-12-18(6-8-22(19)28(33)24(25)10-11-30(35,36)37)27-26(32)15-20-13-21(7-9-23(20)29(27)34)38-16-17-4-2-1-3-5-17/h6-9,12-15,17H,1-5,16H2. The number of fused-ring (bicyclic) bond motifs is 2. The van der Waals surface area contributed by atoms with E-state index in [0.29, 0.717) is 23.7 Å². The largest absolute Gasteiger partial charge is 0.493 e. The summed E-state index contributed by atoms with van der Waals surface area (Å²) in [6, 6.07) is 10.2. The minimum atomic E-state index is -4.93. The molecule has 0 aromatic heterocycles. The zero-order valence-electron chi connectivity index (χ0n) is 20.0. The topological polar surface area (TPSA) is 9.23 Å². The number of hydrogen-bond acceptors (Lipinski definition) is 1. The van der Waals surface area contributed by atoms with Gasteiger partial charge in [0, 0.05) is 16.7 Å². The summed E-state index contributed by atoms with van der Waals surface area (Å²) >= 11 is 0. The Balaban J connectivity index is 1.49. The second-order valence-electron chi connectivity index (χ2n) is 9.48. The van der Waals surface area contributed by atoms with Crippen LogP contribution in [0.3, 0.4) is 0 Å². The second kappa shape index (κ2) is 10.2. The SMILES string of the molecule is Fc1cc2cc(-c3c(F)cc4cc(OCC5CCCCC5)ccc4c3F)ccc2c(F)c1C#CC(F)(F)F. The summed E-state index contributed by atoms with van der Waals surface area (Å²) in [5, 5.41) is 0.126. The Hall–Kier alpha value is -3.73. The third-order valence-corrected chi connectivity index (χ3v) is 6.86. The summed E-state index contributed by atoms with van der Waals surface area (Å²) in [5.74, 6) is -1.05. The van der Waals surface area contributed by atoms with Crippen molar-refractivity contribution in [2.24, 2.45) is 5.92 Å². The van der Waals surface area contributed by atoms with E-state index in [4.69, 9.17) is 4.74 Å². The van der Waals surface area contributed by atoms with Crippen LogP contribution < -0.4 is 4.74 Å². The van der Waals surface area contributed by atoms with Crippen molar-refractivity contribution < 1.29 is 35.5 Å². The molecule has 1 fully saturated rings. The summed E-state index contributed by atoms with van der Waals surface area (Å²) in [6.45, 7) is 0.544. The number of alkyl halides is 3. The van der Waals surface area contributed by atoms with Gasteiger partial charge >= 0.3 is 6.18 Å². The van der Waals surface area contributed by atoms with E-state index in [1.54, 1.807) is 12.1 Å². The van der Waals surface area contributed by atoms with Gasteiger partial charge in [-0.1, -0.05) is 37.3 Å². The third-order valence-electron chi connectivity index (χ3n) is 6.86. The Morgan fingerprint density at radius 1 is 0.763 bits per heavy atom. The molecule has 0 atom stereocenters. The van der Waals surface area contributed by atoms with Crippen molar-refractivity contribution in [1.82, 2.24) is 0 Å². The van der Waals surface area contributed by atoms with Crippen LogP contribution in [0.25, 0.3) is 32.7 Å². The highest BCUT2D eigenvalue weighted by atomic mass is 19.4. The monoisotopic (exact) mass is 530 g/mol. The van der Waals surface area contributed by atoms with Gasteiger partial charge in [0.25, 0.3) is 0 Å². The van der Waals surface area contributed by atoms with Crippen LogP contribution in [0, 0.1) is 41.0 Å². The van der Waals surface area contributed by atoms with Crippen molar-refractivity contribution in [3.8, 4) is 28.7 Å². The van der Waals surface area contributed by atoms with Gasteiger partial charge in [0.15, 0.2) is 0 Å². The first kappa shape index (κ1) is 25.9. The highest BCUT2D eigenvalue weighted by Gasteiger charge is 2.24. The minimum absolute atomic E-state index is 0.0138. The zero-order chi connectivity index (χ0) is 27.0. The van der Waals surface area contributed by atoms with Crippen molar-refractivity contribution in [1.29, 1.82) is 0 Å². The van der Waals surface area contributed by atoms with E-state index in [2.05, 4.69) is 0 Å². The molecule has 0 saturated heterocycles. The molecule has 8 heteroatoms. The lowest BCUT2D eigenvalue weighted by molar-refractivity contribution is -0.0696. The molecular formula is C30H21F7O. The van der Waals surface area contributed by atoms with Crippen LogP contribution in [0.15, 0.2) is 48.5 Å². The molecule has 196 valence electrons. The maximum atomic E-state index is 15.5. The summed E-state index contributed by atoms with van der Waals surface area (Å²) in [5.41, 5.74) is -1.41. The van der Waals surface area contributed by atoms with Crippen molar-refractivity contribution >= 4 is 21.5 Å². The molecule has 4 aromatic carbocycles. The van der Waals surface area contributed by atoms with Crippen molar-refractivity contribution in [2.75, 3.05) is 6.61 Å². The van der Waals surface area contributed by atoms with Gasteiger partial charge in [-0.3, -0.25) is 0 Å². The Morgan fingerprint density at radius 3 is 2.16 bits per heavy atom. The molecule has 0 bridgehead atoms. The van der Waals surface area contributed by atoms with Crippen LogP contribution in [-0.4, -0.2) is 12.8 Å². The number of halogens is 7. The third kappa shape index (κ3) is 5.28. The molecule has 1 aliphatic carbocycles. The zero-order valence-corrected chi connectivity index (χ0v) is 20.0. The highest BCUT2D eigenvalue weighted by Crippen LogP contribution is 2.36. The maximum Gasteiger partial charge on any atom is 0.458 e. The molecule has 1 aliphatic rings. The Kier molecular flexibility index (Phi) is 6.95. The van der Waals surface area contributed by atoms with Gasteiger partial charge in [0.2, 0.25) is 0 Å². The number of hydrogen-bond donors (Lipinski definition) is 0. The molecule has 5 rings (SSSR count). The van der Waals surface area contributed by atoms with Crippen molar-refractivity contribution in [3.05, 3.63) is 77.4 Å². The van der Waals surface area contributed by atoms with Crippen LogP contribution in [0.5, 0.6) is 5.75 Å². The quantitative estimate of drug-likeness (QED) is 0.189. The fraction of sp³-hybridized carbons (Fsp3) is 0.267. The smallest absolute Gasteiger partial charge is 0.458 e. The average Bonchev–Trinajstić information content (AvgIpc) is 2.87. The molecule has 0 N–H and O–H groups in total. The molecular weight excluding hydrogens is 509 g/mol. The van der Waals surface area contributed by atoms with Crippen LogP contribution in [0.2, 0.25) is 0 Å². The lowest BCUT2D eigenvalue weighted by atomic mass is 9.90.